The van der Waals surface area contributed by atoms with Gasteiger partial charge in [0.15, 0.2) is 0 Å². The third-order valence-corrected chi connectivity index (χ3v) is 3.33. The van der Waals surface area contributed by atoms with Crippen LogP contribution in [0.4, 0.5) is 0 Å². The van der Waals surface area contributed by atoms with Crippen molar-refractivity contribution in [2.45, 2.75) is 12.8 Å². The van der Waals surface area contributed by atoms with Crippen LogP contribution >= 0.6 is 22.6 Å². The molecule has 4 heteroatoms. The van der Waals surface area contributed by atoms with Crippen LogP contribution in [-0.2, 0) is 4.79 Å². The zero-order valence-corrected chi connectivity index (χ0v) is 11.1. The third kappa shape index (κ3) is 3.10. The second-order valence-corrected chi connectivity index (χ2v) is 5.03. The fourth-order valence-electron chi connectivity index (χ4n) is 1.74. The summed E-state index contributed by atoms with van der Waals surface area (Å²) >= 11 is 2.26. The van der Waals surface area contributed by atoms with Crippen LogP contribution in [-0.4, -0.2) is 30.5 Å². The fraction of sp³-hybridized carbons (Fsp3) is 0.417. The summed E-state index contributed by atoms with van der Waals surface area (Å²) in [4.78, 5) is 13.2. The predicted octanol–water partition coefficient (Wildman–Crippen LogP) is 2.29. The Hall–Kier alpha value is -0.780. The highest BCUT2D eigenvalue weighted by Gasteiger charge is 2.19. The fourth-order valence-corrected chi connectivity index (χ4v) is 2.10. The van der Waals surface area contributed by atoms with E-state index in [9.17, 15) is 4.79 Å². The number of benzene rings is 1. The van der Waals surface area contributed by atoms with E-state index >= 15 is 0 Å². The number of carbonyl (C=O) groups is 1. The van der Waals surface area contributed by atoms with Crippen LogP contribution in [0.3, 0.4) is 0 Å². The quantitative estimate of drug-likeness (QED) is 0.793. The summed E-state index contributed by atoms with van der Waals surface area (Å²) < 4.78 is 6.77. The summed E-state index contributed by atoms with van der Waals surface area (Å²) in [6.45, 7) is 2.16. The maximum Gasteiger partial charge on any atom is 0.222 e. The number of hydrogen-bond acceptors (Lipinski definition) is 2. The van der Waals surface area contributed by atoms with Gasteiger partial charge in [0.1, 0.15) is 12.4 Å². The Morgan fingerprint density at radius 1 is 1.31 bits per heavy atom. The van der Waals surface area contributed by atoms with Crippen LogP contribution in [0.15, 0.2) is 24.3 Å². The van der Waals surface area contributed by atoms with Gasteiger partial charge in [0.05, 0.1) is 6.54 Å². The molecule has 0 saturated carbocycles. The zero-order valence-electron chi connectivity index (χ0n) is 8.99. The van der Waals surface area contributed by atoms with Crippen LogP contribution in [0.25, 0.3) is 0 Å². The molecule has 1 saturated heterocycles. The smallest absolute Gasteiger partial charge is 0.222 e. The van der Waals surface area contributed by atoms with Crippen LogP contribution in [0.1, 0.15) is 12.8 Å². The molecule has 0 unspecified atom stereocenters. The average molecular weight is 331 g/mol. The Labute approximate surface area is 109 Å². The molecule has 1 heterocycles. The summed E-state index contributed by atoms with van der Waals surface area (Å²) in [6, 6.07) is 7.93. The maximum absolute atomic E-state index is 11.3. The van der Waals surface area contributed by atoms with Crippen LogP contribution in [0, 0.1) is 3.57 Å². The lowest BCUT2D eigenvalue weighted by atomic mass is 10.3. The number of halogens is 1. The Balaban J connectivity index is 1.75. The second kappa shape index (κ2) is 5.52. The highest BCUT2D eigenvalue weighted by Crippen LogP contribution is 2.14. The van der Waals surface area contributed by atoms with E-state index in [1.54, 1.807) is 0 Å². The lowest BCUT2D eigenvalue weighted by molar-refractivity contribution is -0.128. The molecule has 0 aliphatic carbocycles. The maximum atomic E-state index is 11.3. The summed E-state index contributed by atoms with van der Waals surface area (Å²) in [7, 11) is 0. The van der Waals surface area contributed by atoms with Crippen molar-refractivity contribution in [3.63, 3.8) is 0 Å². The van der Waals surface area contributed by atoms with Gasteiger partial charge in [0.25, 0.3) is 0 Å². The van der Waals surface area contributed by atoms with Gasteiger partial charge in [-0.25, -0.2) is 0 Å². The molecule has 1 aliphatic heterocycles. The summed E-state index contributed by atoms with van der Waals surface area (Å²) in [5.74, 6) is 1.12. The second-order valence-electron chi connectivity index (χ2n) is 3.79. The number of carbonyl (C=O) groups excluding carboxylic acids is 1. The molecule has 1 fully saturated rings. The minimum absolute atomic E-state index is 0.256. The first-order valence-corrected chi connectivity index (χ1v) is 6.50. The van der Waals surface area contributed by atoms with Crippen LogP contribution in [0.2, 0.25) is 0 Å². The Morgan fingerprint density at radius 2 is 2.06 bits per heavy atom. The normalized spacial score (nSPS) is 15.6. The topological polar surface area (TPSA) is 29.5 Å². The molecule has 86 valence electrons. The molecule has 0 bridgehead atoms. The highest BCUT2D eigenvalue weighted by atomic mass is 127. The van der Waals surface area contributed by atoms with Crippen LogP contribution in [0.5, 0.6) is 5.75 Å². The van der Waals surface area contributed by atoms with E-state index in [-0.39, 0.29) is 5.91 Å². The monoisotopic (exact) mass is 331 g/mol. The third-order valence-electron chi connectivity index (χ3n) is 2.61. The molecular weight excluding hydrogens is 317 g/mol. The molecule has 1 aromatic carbocycles. The minimum Gasteiger partial charge on any atom is -0.492 e. The van der Waals surface area contributed by atoms with E-state index in [1.807, 2.05) is 29.2 Å². The zero-order chi connectivity index (χ0) is 11.4. The predicted molar refractivity (Wildman–Crippen MR) is 70.5 cm³/mol. The van der Waals surface area contributed by atoms with Crippen molar-refractivity contribution >= 4 is 28.5 Å². The standard InChI is InChI=1S/C12H14INO2/c13-10-3-5-11(6-4-10)16-9-8-14-7-1-2-12(14)15/h3-6H,1-2,7-9H2. The number of likely N-dealkylation sites (tertiary alicyclic amines) is 1. The van der Waals surface area contributed by atoms with Gasteiger partial charge in [-0.3, -0.25) is 4.79 Å². The molecule has 0 spiro atoms. The van der Waals surface area contributed by atoms with Crippen molar-refractivity contribution in [1.82, 2.24) is 4.90 Å². The SMILES string of the molecule is O=C1CCCN1CCOc1ccc(I)cc1. The van der Waals surface area contributed by atoms with E-state index in [4.69, 9.17) is 4.74 Å². The van der Waals surface area contributed by atoms with E-state index in [0.29, 0.717) is 19.6 Å². The lowest BCUT2D eigenvalue weighted by Gasteiger charge is -2.15. The van der Waals surface area contributed by atoms with Gasteiger partial charge < -0.3 is 9.64 Å². The van der Waals surface area contributed by atoms with E-state index in [2.05, 4.69) is 22.6 Å². The molecule has 1 aromatic rings. The molecule has 1 amide bonds. The first-order chi connectivity index (χ1) is 7.75. The summed E-state index contributed by atoms with van der Waals surface area (Å²) in [5, 5.41) is 0. The van der Waals surface area contributed by atoms with Gasteiger partial charge in [-0.1, -0.05) is 0 Å². The van der Waals surface area contributed by atoms with Gasteiger partial charge >= 0.3 is 0 Å². The minimum atomic E-state index is 0.256. The van der Waals surface area contributed by atoms with E-state index in [1.165, 1.54) is 3.57 Å². The van der Waals surface area contributed by atoms with E-state index in [0.717, 1.165) is 18.7 Å². The molecule has 16 heavy (non-hydrogen) atoms. The Morgan fingerprint density at radius 3 is 2.69 bits per heavy atom. The van der Waals surface area contributed by atoms with Gasteiger partial charge in [-0.05, 0) is 53.3 Å². The van der Waals surface area contributed by atoms with Crippen molar-refractivity contribution in [2.75, 3.05) is 19.7 Å². The molecule has 3 nitrogen and oxygen atoms in total. The molecule has 0 radical (unpaired) electrons. The number of ether oxygens (including phenoxy) is 1. The molecule has 0 atom stereocenters. The first kappa shape index (κ1) is 11.7. The van der Waals surface area contributed by atoms with Crippen molar-refractivity contribution < 1.29 is 9.53 Å². The molecule has 2 rings (SSSR count). The first-order valence-electron chi connectivity index (χ1n) is 5.42. The summed E-state index contributed by atoms with van der Waals surface area (Å²) in [6.07, 6.45) is 1.69. The lowest BCUT2D eigenvalue weighted by Crippen LogP contribution is -2.29. The number of hydrogen-bond donors (Lipinski definition) is 0. The Bertz CT molecular complexity index is 364. The highest BCUT2D eigenvalue weighted by molar-refractivity contribution is 14.1. The molecule has 0 aromatic heterocycles. The van der Waals surface area contributed by atoms with E-state index < -0.39 is 0 Å². The van der Waals surface area contributed by atoms with Crippen molar-refractivity contribution in [1.29, 1.82) is 0 Å². The molecule has 0 N–H and O–H groups in total. The van der Waals surface area contributed by atoms with Crippen molar-refractivity contribution in [2.24, 2.45) is 0 Å². The van der Waals surface area contributed by atoms with Crippen molar-refractivity contribution in [3.8, 4) is 5.75 Å². The van der Waals surface area contributed by atoms with Gasteiger partial charge in [-0.2, -0.15) is 0 Å². The number of nitrogens with zero attached hydrogens (tertiary/aromatic N) is 1. The van der Waals surface area contributed by atoms with Crippen LogP contribution < -0.4 is 4.74 Å². The van der Waals surface area contributed by atoms with Crippen molar-refractivity contribution in [3.05, 3.63) is 27.8 Å². The Kier molecular flexibility index (Phi) is 4.04. The van der Waals surface area contributed by atoms with Gasteiger partial charge in [0, 0.05) is 16.5 Å². The molecular formula is C12H14INO2. The average Bonchev–Trinajstić information content (AvgIpc) is 2.68. The van der Waals surface area contributed by atoms with Gasteiger partial charge in [-0.15, -0.1) is 0 Å². The van der Waals surface area contributed by atoms with Gasteiger partial charge in [0.2, 0.25) is 5.91 Å². The molecule has 1 aliphatic rings. The largest absolute Gasteiger partial charge is 0.492 e. The number of amides is 1. The summed E-state index contributed by atoms with van der Waals surface area (Å²) in [5.41, 5.74) is 0. The number of rotatable bonds is 4.